The van der Waals surface area contributed by atoms with Crippen LogP contribution in [0.4, 0.5) is 0 Å². The van der Waals surface area contributed by atoms with Crippen LogP contribution in [0.5, 0.6) is 0 Å². The molecule has 0 radical (unpaired) electrons. The van der Waals surface area contributed by atoms with Gasteiger partial charge >= 0.3 is 0 Å². The largest absolute Gasteiger partial charge is 0.309 e. The van der Waals surface area contributed by atoms with E-state index in [0.29, 0.717) is 5.54 Å². The Morgan fingerprint density at radius 1 is 1.31 bits per heavy atom. The maximum Gasteiger partial charge on any atom is 0.0304 e. The van der Waals surface area contributed by atoms with Crippen molar-refractivity contribution in [1.29, 1.82) is 0 Å². The highest BCUT2D eigenvalue weighted by atomic mass is 32.2. The lowest BCUT2D eigenvalue weighted by atomic mass is 9.90. The molecule has 0 saturated carbocycles. The number of rotatable bonds is 6. The van der Waals surface area contributed by atoms with E-state index < -0.39 is 0 Å². The summed E-state index contributed by atoms with van der Waals surface area (Å²) in [7, 11) is 0. The molecule has 1 N–H and O–H groups in total. The molecule has 1 atom stereocenters. The van der Waals surface area contributed by atoms with Crippen molar-refractivity contribution in [3.8, 4) is 0 Å². The van der Waals surface area contributed by atoms with Gasteiger partial charge in [-0.2, -0.15) is 11.8 Å². The molecular formula is C13H28N2S. The molecule has 0 aromatic heterocycles. The van der Waals surface area contributed by atoms with Gasteiger partial charge in [-0.15, -0.1) is 0 Å². The standard InChI is InChI=1S/C13H28N2S/c1-5-13(6-2)11-15(9-8-14-13)12(4)10-16-7-3/h12,14H,5-11H2,1-4H3. The first-order chi connectivity index (χ1) is 7.67. The maximum atomic E-state index is 3.72. The minimum Gasteiger partial charge on any atom is -0.309 e. The summed E-state index contributed by atoms with van der Waals surface area (Å²) in [6, 6.07) is 0.726. The first-order valence-corrected chi connectivity index (χ1v) is 7.89. The number of piperazine rings is 1. The van der Waals surface area contributed by atoms with Gasteiger partial charge in [-0.1, -0.05) is 20.8 Å². The average Bonchev–Trinajstić information content (AvgIpc) is 2.35. The van der Waals surface area contributed by atoms with Crippen molar-refractivity contribution >= 4 is 11.8 Å². The third kappa shape index (κ3) is 3.64. The number of hydrogen-bond acceptors (Lipinski definition) is 3. The molecule has 1 heterocycles. The molecule has 0 aromatic rings. The fourth-order valence-electron chi connectivity index (χ4n) is 2.48. The molecule has 1 rings (SSSR count). The predicted molar refractivity (Wildman–Crippen MR) is 75.3 cm³/mol. The summed E-state index contributed by atoms with van der Waals surface area (Å²) < 4.78 is 0. The van der Waals surface area contributed by atoms with E-state index in [1.165, 1.54) is 37.4 Å². The Labute approximate surface area is 106 Å². The van der Waals surface area contributed by atoms with Crippen molar-refractivity contribution < 1.29 is 0 Å². The zero-order valence-corrected chi connectivity index (χ0v) is 12.2. The Morgan fingerprint density at radius 3 is 2.56 bits per heavy atom. The van der Waals surface area contributed by atoms with Crippen LogP contribution in [-0.2, 0) is 0 Å². The average molecular weight is 244 g/mol. The minimum absolute atomic E-state index is 0.378. The second-order valence-corrected chi connectivity index (χ2v) is 6.21. The summed E-state index contributed by atoms with van der Waals surface area (Å²) in [6.07, 6.45) is 2.49. The summed E-state index contributed by atoms with van der Waals surface area (Å²) in [4.78, 5) is 2.67. The van der Waals surface area contributed by atoms with E-state index in [2.05, 4.69) is 49.7 Å². The molecule has 1 aliphatic heterocycles. The number of thioether (sulfide) groups is 1. The van der Waals surface area contributed by atoms with Gasteiger partial charge in [0.15, 0.2) is 0 Å². The Kier molecular flexibility index (Phi) is 6.16. The van der Waals surface area contributed by atoms with E-state index >= 15 is 0 Å². The molecule has 1 aliphatic rings. The molecule has 0 spiro atoms. The fourth-order valence-corrected chi connectivity index (χ4v) is 3.27. The minimum atomic E-state index is 0.378. The molecule has 3 heteroatoms. The zero-order chi connectivity index (χ0) is 12.0. The second kappa shape index (κ2) is 6.87. The van der Waals surface area contributed by atoms with E-state index in [-0.39, 0.29) is 0 Å². The fraction of sp³-hybridized carbons (Fsp3) is 1.00. The van der Waals surface area contributed by atoms with Crippen molar-refractivity contribution in [1.82, 2.24) is 10.2 Å². The molecule has 2 nitrogen and oxygen atoms in total. The molecule has 0 amide bonds. The van der Waals surface area contributed by atoms with E-state index in [9.17, 15) is 0 Å². The normalized spacial score (nSPS) is 23.2. The maximum absolute atomic E-state index is 3.72. The Bertz CT molecular complexity index is 192. The highest BCUT2D eigenvalue weighted by molar-refractivity contribution is 7.99. The van der Waals surface area contributed by atoms with E-state index in [0.717, 1.165) is 12.6 Å². The van der Waals surface area contributed by atoms with Crippen LogP contribution >= 0.6 is 11.8 Å². The van der Waals surface area contributed by atoms with Crippen molar-refractivity contribution in [3.63, 3.8) is 0 Å². The van der Waals surface area contributed by atoms with Crippen molar-refractivity contribution in [2.24, 2.45) is 0 Å². The van der Waals surface area contributed by atoms with Crippen LogP contribution in [0, 0.1) is 0 Å². The smallest absolute Gasteiger partial charge is 0.0304 e. The highest BCUT2D eigenvalue weighted by Gasteiger charge is 2.33. The molecular weight excluding hydrogens is 216 g/mol. The topological polar surface area (TPSA) is 15.3 Å². The monoisotopic (exact) mass is 244 g/mol. The SMILES string of the molecule is CCSCC(C)N1CCNC(CC)(CC)C1. The molecule has 1 saturated heterocycles. The van der Waals surface area contributed by atoms with Gasteiger partial charge in [0, 0.05) is 37.0 Å². The third-order valence-electron chi connectivity index (χ3n) is 3.94. The molecule has 0 aliphatic carbocycles. The van der Waals surface area contributed by atoms with Crippen LogP contribution < -0.4 is 5.32 Å². The van der Waals surface area contributed by atoms with Gasteiger partial charge in [0.05, 0.1) is 0 Å². The third-order valence-corrected chi connectivity index (χ3v) is 5.07. The summed E-state index contributed by atoms with van der Waals surface area (Å²) in [5, 5.41) is 3.72. The van der Waals surface area contributed by atoms with Gasteiger partial charge in [-0.3, -0.25) is 4.90 Å². The van der Waals surface area contributed by atoms with Gasteiger partial charge < -0.3 is 5.32 Å². The first kappa shape index (κ1) is 14.3. The van der Waals surface area contributed by atoms with Crippen LogP contribution in [-0.4, -0.2) is 47.6 Å². The van der Waals surface area contributed by atoms with Crippen LogP contribution in [0.15, 0.2) is 0 Å². The first-order valence-electron chi connectivity index (χ1n) is 6.74. The summed E-state index contributed by atoms with van der Waals surface area (Å²) in [5.74, 6) is 2.52. The van der Waals surface area contributed by atoms with Crippen molar-refractivity contribution in [2.75, 3.05) is 31.1 Å². The number of nitrogens with one attached hydrogen (secondary N) is 1. The van der Waals surface area contributed by atoms with Gasteiger partial charge in [0.25, 0.3) is 0 Å². The molecule has 0 aromatic carbocycles. The summed E-state index contributed by atoms with van der Waals surface area (Å²) in [5.41, 5.74) is 0.378. The van der Waals surface area contributed by atoms with Crippen LogP contribution in [0.2, 0.25) is 0 Å². The number of hydrogen-bond donors (Lipinski definition) is 1. The van der Waals surface area contributed by atoms with Gasteiger partial charge in [0.2, 0.25) is 0 Å². The van der Waals surface area contributed by atoms with E-state index in [4.69, 9.17) is 0 Å². The van der Waals surface area contributed by atoms with Gasteiger partial charge in [-0.25, -0.2) is 0 Å². The lowest BCUT2D eigenvalue weighted by molar-refractivity contribution is 0.1000. The van der Waals surface area contributed by atoms with Crippen molar-refractivity contribution in [3.05, 3.63) is 0 Å². The Hall–Kier alpha value is 0.270. The number of nitrogens with zero attached hydrogens (tertiary/aromatic N) is 1. The molecule has 0 bridgehead atoms. The molecule has 1 unspecified atom stereocenters. The van der Waals surface area contributed by atoms with Crippen LogP contribution in [0.3, 0.4) is 0 Å². The highest BCUT2D eigenvalue weighted by Crippen LogP contribution is 2.22. The molecule has 96 valence electrons. The summed E-state index contributed by atoms with van der Waals surface area (Å²) in [6.45, 7) is 12.8. The van der Waals surface area contributed by atoms with E-state index in [1.54, 1.807) is 0 Å². The lowest BCUT2D eigenvalue weighted by Gasteiger charge is -2.45. The van der Waals surface area contributed by atoms with Crippen LogP contribution in [0.1, 0.15) is 40.5 Å². The Balaban J connectivity index is 2.48. The molecule has 1 fully saturated rings. The lowest BCUT2D eigenvalue weighted by Crippen LogP contribution is -2.61. The van der Waals surface area contributed by atoms with Crippen molar-refractivity contribution in [2.45, 2.75) is 52.1 Å². The predicted octanol–water partition coefficient (Wildman–Crippen LogP) is 2.59. The zero-order valence-electron chi connectivity index (χ0n) is 11.4. The summed E-state index contributed by atoms with van der Waals surface area (Å²) >= 11 is 2.06. The quantitative estimate of drug-likeness (QED) is 0.773. The van der Waals surface area contributed by atoms with Gasteiger partial charge in [-0.05, 0) is 25.5 Å². The second-order valence-electron chi connectivity index (χ2n) is 4.89. The molecule has 16 heavy (non-hydrogen) atoms. The van der Waals surface area contributed by atoms with Gasteiger partial charge in [0.1, 0.15) is 0 Å². The van der Waals surface area contributed by atoms with E-state index in [1.807, 2.05) is 0 Å². The van der Waals surface area contributed by atoms with Crippen LogP contribution in [0.25, 0.3) is 0 Å². The Morgan fingerprint density at radius 2 is 2.00 bits per heavy atom.